The van der Waals surface area contributed by atoms with Gasteiger partial charge in [0.05, 0.1) is 6.20 Å². The first-order valence-corrected chi connectivity index (χ1v) is 11.8. The lowest BCUT2D eigenvalue weighted by molar-refractivity contribution is -0.0394. The van der Waals surface area contributed by atoms with Crippen molar-refractivity contribution >= 4 is 11.5 Å². The van der Waals surface area contributed by atoms with Crippen molar-refractivity contribution in [3.63, 3.8) is 0 Å². The number of hydrogen-bond acceptors (Lipinski definition) is 7. The third kappa shape index (κ3) is 3.56. The molecule has 1 atom stereocenters. The van der Waals surface area contributed by atoms with E-state index in [0.717, 1.165) is 66.2 Å². The summed E-state index contributed by atoms with van der Waals surface area (Å²) in [5.74, 6) is 0.818. The summed E-state index contributed by atoms with van der Waals surface area (Å²) in [7, 11) is 0. The maximum Gasteiger partial charge on any atom is 0.274 e. The highest BCUT2D eigenvalue weighted by atomic mass is 16.5. The van der Waals surface area contributed by atoms with Crippen LogP contribution in [-0.2, 0) is 17.7 Å². The molecule has 0 aromatic carbocycles. The SMILES string of the molecule is Cc1c(N2CCc3ncc(-c4cnn(C5CCCCO5)c4)cc3C2)nn2c(=O)ccnc2c1C. The Labute approximate surface area is 197 Å². The smallest absolute Gasteiger partial charge is 0.274 e. The molecule has 0 amide bonds. The highest BCUT2D eigenvalue weighted by Gasteiger charge is 2.23. The molecule has 1 saturated heterocycles. The number of rotatable bonds is 3. The molecule has 0 bridgehead atoms. The standard InChI is InChI=1S/C25H27N7O2/c1-16-17(2)25(29-32-22(33)6-8-26-24(16)32)30-9-7-21-19(14-30)11-18(12-27-21)20-13-28-31(15-20)23-5-3-4-10-34-23/h6,8,11-13,15,23H,3-5,7,9-10,14H2,1-2H3. The highest BCUT2D eigenvalue weighted by Crippen LogP contribution is 2.30. The van der Waals surface area contributed by atoms with Crippen molar-refractivity contribution in [2.75, 3.05) is 18.1 Å². The largest absolute Gasteiger partial charge is 0.357 e. The van der Waals surface area contributed by atoms with Gasteiger partial charge in [0.1, 0.15) is 6.23 Å². The Balaban J connectivity index is 1.31. The summed E-state index contributed by atoms with van der Waals surface area (Å²) in [6, 6.07) is 3.65. The zero-order valence-electron chi connectivity index (χ0n) is 19.4. The summed E-state index contributed by atoms with van der Waals surface area (Å²) in [6.07, 6.45) is 11.5. The van der Waals surface area contributed by atoms with Crippen LogP contribution in [0.1, 0.15) is 47.9 Å². The molecule has 0 aliphatic carbocycles. The minimum atomic E-state index is -0.172. The van der Waals surface area contributed by atoms with Crippen LogP contribution in [0, 0.1) is 13.8 Å². The molecule has 4 aromatic rings. The van der Waals surface area contributed by atoms with Crippen LogP contribution in [0.4, 0.5) is 5.82 Å². The topological polar surface area (TPSA) is 90.4 Å². The summed E-state index contributed by atoms with van der Waals surface area (Å²) in [4.78, 5) is 23.8. The summed E-state index contributed by atoms with van der Waals surface area (Å²) in [5, 5.41) is 9.24. The predicted molar refractivity (Wildman–Crippen MR) is 128 cm³/mol. The van der Waals surface area contributed by atoms with Crippen LogP contribution in [-0.4, -0.2) is 42.5 Å². The van der Waals surface area contributed by atoms with E-state index in [1.807, 2.05) is 30.9 Å². The zero-order chi connectivity index (χ0) is 23.2. The van der Waals surface area contributed by atoms with Crippen LogP contribution in [0.3, 0.4) is 0 Å². The van der Waals surface area contributed by atoms with Crippen LogP contribution in [0.2, 0.25) is 0 Å². The van der Waals surface area contributed by atoms with Gasteiger partial charge >= 0.3 is 0 Å². The van der Waals surface area contributed by atoms with E-state index in [-0.39, 0.29) is 11.8 Å². The number of nitrogens with zero attached hydrogens (tertiary/aromatic N) is 7. The van der Waals surface area contributed by atoms with Gasteiger partial charge in [0.25, 0.3) is 5.56 Å². The number of fused-ring (bicyclic) bond motifs is 2. The fraction of sp³-hybridized carbons (Fsp3) is 0.400. The van der Waals surface area contributed by atoms with E-state index in [9.17, 15) is 4.79 Å². The van der Waals surface area contributed by atoms with Gasteiger partial charge in [-0.05, 0) is 44.7 Å². The van der Waals surface area contributed by atoms with Gasteiger partial charge in [-0.25, -0.2) is 9.67 Å². The van der Waals surface area contributed by atoms with Crippen LogP contribution < -0.4 is 10.5 Å². The summed E-state index contributed by atoms with van der Waals surface area (Å²) >= 11 is 0. The van der Waals surface area contributed by atoms with Gasteiger partial charge in [0.15, 0.2) is 11.5 Å². The van der Waals surface area contributed by atoms with Crippen molar-refractivity contribution in [1.82, 2.24) is 29.4 Å². The maximum absolute atomic E-state index is 12.4. The van der Waals surface area contributed by atoms with Gasteiger partial charge in [-0.15, -0.1) is 5.10 Å². The molecule has 6 heterocycles. The molecule has 4 aromatic heterocycles. The second-order valence-corrected chi connectivity index (χ2v) is 9.12. The van der Waals surface area contributed by atoms with Gasteiger partial charge in [-0.1, -0.05) is 0 Å². The fourth-order valence-electron chi connectivity index (χ4n) is 4.90. The quantitative estimate of drug-likeness (QED) is 0.467. The molecule has 1 unspecified atom stereocenters. The first-order chi connectivity index (χ1) is 16.6. The molecular formula is C25H27N7O2. The van der Waals surface area contributed by atoms with E-state index in [4.69, 9.17) is 9.72 Å². The normalized spacial score (nSPS) is 18.3. The Morgan fingerprint density at radius 2 is 2.00 bits per heavy atom. The van der Waals surface area contributed by atoms with E-state index in [1.54, 1.807) is 6.20 Å². The van der Waals surface area contributed by atoms with Gasteiger partial charge in [-0.3, -0.25) is 9.78 Å². The number of aryl methyl sites for hydroxylation is 1. The predicted octanol–water partition coefficient (Wildman–Crippen LogP) is 3.23. The molecule has 0 saturated carbocycles. The number of aromatic nitrogens is 6. The van der Waals surface area contributed by atoms with Gasteiger partial charge in [0, 0.05) is 78.7 Å². The zero-order valence-corrected chi connectivity index (χ0v) is 19.4. The number of hydrogen-bond donors (Lipinski definition) is 0. The maximum atomic E-state index is 12.4. The number of ether oxygens (including phenoxy) is 1. The molecule has 1 fully saturated rings. The van der Waals surface area contributed by atoms with Crippen molar-refractivity contribution in [3.05, 3.63) is 69.7 Å². The van der Waals surface area contributed by atoms with E-state index < -0.39 is 0 Å². The average Bonchev–Trinajstić information content (AvgIpc) is 3.37. The Morgan fingerprint density at radius 1 is 1.09 bits per heavy atom. The number of pyridine rings is 1. The van der Waals surface area contributed by atoms with Crippen LogP contribution >= 0.6 is 0 Å². The minimum Gasteiger partial charge on any atom is -0.357 e. The third-order valence-electron chi connectivity index (χ3n) is 6.98. The Kier molecular flexibility index (Phi) is 5.13. The first-order valence-electron chi connectivity index (χ1n) is 11.8. The Hall–Kier alpha value is -3.59. The Bertz CT molecular complexity index is 1440. The van der Waals surface area contributed by atoms with Crippen LogP contribution in [0.15, 0.2) is 41.7 Å². The highest BCUT2D eigenvalue weighted by molar-refractivity contribution is 5.63. The molecule has 0 spiro atoms. The first kappa shape index (κ1) is 21.0. The summed E-state index contributed by atoms with van der Waals surface area (Å²) < 4.78 is 9.20. The summed E-state index contributed by atoms with van der Waals surface area (Å²) in [6.45, 7) is 6.31. The second-order valence-electron chi connectivity index (χ2n) is 9.12. The molecule has 0 N–H and O–H groups in total. The molecule has 6 rings (SSSR count). The lowest BCUT2D eigenvalue weighted by Crippen LogP contribution is -2.33. The van der Waals surface area contributed by atoms with Gasteiger partial charge in [0.2, 0.25) is 0 Å². The lowest BCUT2D eigenvalue weighted by Gasteiger charge is -2.31. The molecule has 0 radical (unpaired) electrons. The molecule has 9 nitrogen and oxygen atoms in total. The van der Waals surface area contributed by atoms with Crippen molar-refractivity contribution in [2.45, 2.75) is 52.3 Å². The van der Waals surface area contributed by atoms with Crippen LogP contribution in [0.25, 0.3) is 16.8 Å². The molecule has 34 heavy (non-hydrogen) atoms. The molecule has 2 aliphatic rings. The van der Waals surface area contributed by atoms with Crippen LogP contribution in [0.5, 0.6) is 0 Å². The molecule has 174 valence electrons. The van der Waals surface area contributed by atoms with Crippen molar-refractivity contribution in [3.8, 4) is 11.1 Å². The van der Waals surface area contributed by atoms with Crippen molar-refractivity contribution < 1.29 is 4.74 Å². The fourth-order valence-corrected chi connectivity index (χ4v) is 4.90. The van der Waals surface area contributed by atoms with Gasteiger partial charge < -0.3 is 9.64 Å². The minimum absolute atomic E-state index is 0.0201. The molecular weight excluding hydrogens is 430 g/mol. The average molecular weight is 458 g/mol. The molecule has 9 heteroatoms. The monoisotopic (exact) mass is 457 g/mol. The Morgan fingerprint density at radius 3 is 2.85 bits per heavy atom. The van der Waals surface area contributed by atoms with E-state index in [1.165, 1.54) is 22.6 Å². The third-order valence-corrected chi connectivity index (χ3v) is 6.98. The van der Waals surface area contributed by atoms with E-state index in [2.05, 4.69) is 32.3 Å². The summed E-state index contributed by atoms with van der Waals surface area (Å²) in [5.41, 5.74) is 6.80. The lowest BCUT2D eigenvalue weighted by atomic mass is 10.0. The molecule has 2 aliphatic heterocycles. The van der Waals surface area contributed by atoms with Gasteiger partial charge in [-0.2, -0.15) is 9.61 Å². The number of anilines is 1. The van der Waals surface area contributed by atoms with Crippen molar-refractivity contribution in [2.24, 2.45) is 0 Å². The van der Waals surface area contributed by atoms with E-state index >= 15 is 0 Å². The second kappa shape index (κ2) is 8.32. The van der Waals surface area contributed by atoms with E-state index in [0.29, 0.717) is 12.2 Å². The van der Waals surface area contributed by atoms with Crippen molar-refractivity contribution in [1.29, 1.82) is 0 Å².